The summed E-state index contributed by atoms with van der Waals surface area (Å²) in [6.07, 6.45) is 2.13. The second-order valence-electron chi connectivity index (χ2n) is 3.53. The predicted molar refractivity (Wildman–Crippen MR) is 46.2 cm³/mol. The number of urea groups is 1. The van der Waals surface area contributed by atoms with Gasteiger partial charge in [-0.05, 0) is 26.2 Å². The van der Waals surface area contributed by atoms with Crippen LogP contribution in [0.5, 0.6) is 0 Å². The minimum atomic E-state index is -1.11. The highest BCUT2D eigenvalue weighted by Crippen LogP contribution is 2.27. The van der Waals surface area contributed by atoms with E-state index >= 15 is 0 Å². The van der Waals surface area contributed by atoms with Crippen molar-refractivity contribution >= 4 is 12.0 Å². The summed E-state index contributed by atoms with van der Waals surface area (Å²) in [6, 6.07) is -0.649. The number of primary amides is 1. The third-order valence-corrected chi connectivity index (χ3v) is 2.62. The molecular weight excluding hydrogens is 172 g/mol. The fourth-order valence-corrected chi connectivity index (χ4v) is 1.70. The van der Waals surface area contributed by atoms with E-state index in [4.69, 9.17) is 10.8 Å². The van der Waals surface area contributed by atoms with Gasteiger partial charge in [0.15, 0.2) is 0 Å². The van der Waals surface area contributed by atoms with Gasteiger partial charge in [0.25, 0.3) is 0 Å². The summed E-state index contributed by atoms with van der Waals surface area (Å²) in [6.45, 7) is 1.98. The van der Waals surface area contributed by atoms with E-state index in [0.29, 0.717) is 13.0 Å². The molecule has 0 spiro atoms. The van der Waals surface area contributed by atoms with E-state index in [1.165, 1.54) is 4.90 Å². The van der Waals surface area contributed by atoms with Crippen molar-refractivity contribution in [1.29, 1.82) is 0 Å². The zero-order chi connectivity index (χ0) is 10.1. The Balaban J connectivity index is 2.89. The molecule has 74 valence electrons. The van der Waals surface area contributed by atoms with Gasteiger partial charge < -0.3 is 15.7 Å². The van der Waals surface area contributed by atoms with Gasteiger partial charge in [-0.3, -0.25) is 0 Å². The number of amides is 2. The molecule has 1 heterocycles. The summed E-state index contributed by atoms with van der Waals surface area (Å²) in [5, 5.41) is 8.97. The molecule has 5 nitrogen and oxygen atoms in total. The molecule has 0 aromatic heterocycles. The maximum absolute atomic E-state index is 11.0. The van der Waals surface area contributed by atoms with Crippen LogP contribution in [-0.2, 0) is 4.79 Å². The molecule has 1 saturated heterocycles. The van der Waals surface area contributed by atoms with Gasteiger partial charge in [-0.15, -0.1) is 0 Å². The van der Waals surface area contributed by atoms with Crippen LogP contribution in [0, 0.1) is 0 Å². The van der Waals surface area contributed by atoms with Crippen LogP contribution in [0.3, 0.4) is 0 Å². The van der Waals surface area contributed by atoms with E-state index in [0.717, 1.165) is 12.8 Å². The van der Waals surface area contributed by atoms with Crippen LogP contribution in [0.2, 0.25) is 0 Å². The van der Waals surface area contributed by atoms with E-state index in [1.807, 2.05) is 0 Å². The maximum Gasteiger partial charge on any atom is 0.329 e. The summed E-state index contributed by atoms with van der Waals surface area (Å²) in [4.78, 5) is 23.1. The van der Waals surface area contributed by atoms with Gasteiger partial charge in [0.2, 0.25) is 0 Å². The lowest BCUT2D eigenvalue weighted by Crippen LogP contribution is -2.59. The van der Waals surface area contributed by atoms with Gasteiger partial charge in [0.1, 0.15) is 5.54 Å². The molecule has 0 aliphatic carbocycles. The van der Waals surface area contributed by atoms with E-state index < -0.39 is 17.5 Å². The number of hydrogen-bond acceptors (Lipinski definition) is 2. The number of carboxylic acid groups (broad SMARTS) is 1. The van der Waals surface area contributed by atoms with Crippen molar-refractivity contribution in [2.75, 3.05) is 6.54 Å². The van der Waals surface area contributed by atoms with E-state index in [-0.39, 0.29) is 0 Å². The highest BCUT2D eigenvalue weighted by molar-refractivity contribution is 5.85. The van der Waals surface area contributed by atoms with E-state index in [2.05, 4.69) is 0 Å². The molecule has 1 fully saturated rings. The third kappa shape index (κ3) is 1.59. The van der Waals surface area contributed by atoms with Gasteiger partial charge in [-0.2, -0.15) is 0 Å². The molecular formula is C8H14N2O3. The number of hydrogen-bond donors (Lipinski definition) is 2. The van der Waals surface area contributed by atoms with Gasteiger partial charge in [0, 0.05) is 6.54 Å². The van der Waals surface area contributed by atoms with Crippen molar-refractivity contribution in [1.82, 2.24) is 4.90 Å². The monoisotopic (exact) mass is 186 g/mol. The summed E-state index contributed by atoms with van der Waals surface area (Å²) in [5.41, 5.74) is 4.00. The summed E-state index contributed by atoms with van der Waals surface area (Å²) in [7, 11) is 0. The minimum Gasteiger partial charge on any atom is -0.480 e. The molecule has 0 radical (unpaired) electrons. The molecule has 1 aliphatic heterocycles. The molecule has 1 rings (SSSR count). The highest BCUT2D eigenvalue weighted by Gasteiger charge is 2.43. The smallest absolute Gasteiger partial charge is 0.329 e. The second-order valence-corrected chi connectivity index (χ2v) is 3.53. The molecule has 0 saturated carbocycles. The Morgan fingerprint density at radius 3 is 2.46 bits per heavy atom. The number of rotatable bonds is 1. The van der Waals surface area contributed by atoms with Gasteiger partial charge in [-0.1, -0.05) is 0 Å². The van der Waals surface area contributed by atoms with Crippen LogP contribution in [0.1, 0.15) is 26.2 Å². The zero-order valence-corrected chi connectivity index (χ0v) is 7.62. The first-order chi connectivity index (χ1) is 5.98. The summed E-state index contributed by atoms with van der Waals surface area (Å²) in [5.74, 6) is -0.981. The fourth-order valence-electron chi connectivity index (χ4n) is 1.70. The Morgan fingerprint density at radius 2 is 2.08 bits per heavy atom. The first kappa shape index (κ1) is 9.83. The van der Waals surface area contributed by atoms with Crippen molar-refractivity contribution < 1.29 is 14.7 Å². The van der Waals surface area contributed by atoms with Crippen molar-refractivity contribution in [2.45, 2.75) is 31.7 Å². The highest BCUT2D eigenvalue weighted by atomic mass is 16.4. The lowest BCUT2D eigenvalue weighted by atomic mass is 9.89. The molecule has 5 heteroatoms. The Labute approximate surface area is 76.5 Å². The van der Waals surface area contributed by atoms with Gasteiger partial charge in [0.05, 0.1) is 0 Å². The lowest BCUT2D eigenvalue weighted by molar-refractivity contribution is -0.150. The molecule has 0 aromatic rings. The van der Waals surface area contributed by atoms with Crippen LogP contribution < -0.4 is 5.73 Å². The number of carboxylic acids is 1. The Morgan fingerprint density at radius 1 is 1.46 bits per heavy atom. The molecule has 1 unspecified atom stereocenters. The van der Waals surface area contributed by atoms with Crippen molar-refractivity contribution in [3.63, 3.8) is 0 Å². The molecule has 13 heavy (non-hydrogen) atoms. The van der Waals surface area contributed by atoms with Crippen LogP contribution >= 0.6 is 0 Å². The summed E-state index contributed by atoms with van der Waals surface area (Å²) < 4.78 is 0. The number of likely N-dealkylation sites (tertiary alicyclic amines) is 1. The van der Waals surface area contributed by atoms with Crippen LogP contribution in [0.15, 0.2) is 0 Å². The quantitative estimate of drug-likeness (QED) is 0.621. The topological polar surface area (TPSA) is 83.6 Å². The number of piperidine rings is 1. The predicted octanol–water partition coefficient (Wildman–Crippen LogP) is 0.394. The van der Waals surface area contributed by atoms with E-state index in [1.54, 1.807) is 6.92 Å². The molecule has 0 aromatic carbocycles. The van der Waals surface area contributed by atoms with Crippen molar-refractivity contribution in [3.8, 4) is 0 Å². The van der Waals surface area contributed by atoms with E-state index in [9.17, 15) is 9.59 Å². The average Bonchev–Trinajstić information content (AvgIpc) is 2.04. The zero-order valence-electron chi connectivity index (χ0n) is 7.62. The largest absolute Gasteiger partial charge is 0.480 e. The third-order valence-electron chi connectivity index (χ3n) is 2.62. The van der Waals surface area contributed by atoms with Gasteiger partial charge in [-0.25, -0.2) is 9.59 Å². The first-order valence-electron chi connectivity index (χ1n) is 4.29. The van der Waals surface area contributed by atoms with Gasteiger partial charge >= 0.3 is 12.0 Å². The number of nitrogens with two attached hydrogens (primary N) is 1. The molecule has 2 amide bonds. The Hall–Kier alpha value is -1.26. The second kappa shape index (κ2) is 3.24. The summed E-state index contributed by atoms with van der Waals surface area (Å²) >= 11 is 0. The maximum atomic E-state index is 11.0. The van der Waals surface area contributed by atoms with Crippen molar-refractivity contribution in [2.24, 2.45) is 5.73 Å². The number of nitrogens with zero attached hydrogens (tertiary/aromatic N) is 1. The average molecular weight is 186 g/mol. The first-order valence-corrected chi connectivity index (χ1v) is 4.29. The van der Waals surface area contributed by atoms with Crippen LogP contribution in [0.4, 0.5) is 4.79 Å². The SMILES string of the molecule is CC1(C(=O)O)CCCCN1C(N)=O. The van der Waals surface area contributed by atoms with Crippen LogP contribution in [0.25, 0.3) is 0 Å². The minimum absolute atomic E-state index is 0.443. The molecule has 3 N–H and O–H groups in total. The molecule has 1 atom stereocenters. The standard InChI is InChI=1S/C8H14N2O3/c1-8(6(11)12)4-2-3-5-10(8)7(9)13/h2-5H2,1H3,(H2,9,13)(H,11,12). The number of aliphatic carboxylic acids is 1. The fraction of sp³-hybridized carbons (Fsp3) is 0.750. The number of carbonyl (C=O) groups is 2. The lowest BCUT2D eigenvalue weighted by Gasteiger charge is -2.40. The molecule has 0 bridgehead atoms. The van der Waals surface area contributed by atoms with Crippen molar-refractivity contribution in [3.05, 3.63) is 0 Å². The molecule has 1 aliphatic rings. The Bertz CT molecular complexity index is 242. The van der Waals surface area contributed by atoms with Crippen LogP contribution in [-0.4, -0.2) is 34.1 Å². The number of carbonyl (C=O) groups excluding carboxylic acids is 1. The normalized spacial score (nSPS) is 28.5. The Kier molecular flexibility index (Phi) is 2.45.